The predicted octanol–water partition coefficient (Wildman–Crippen LogP) is -0.207. The van der Waals surface area contributed by atoms with Crippen molar-refractivity contribution in [3.8, 4) is 0 Å². The summed E-state index contributed by atoms with van der Waals surface area (Å²) in [4.78, 5) is 0.143. The highest BCUT2D eigenvalue weighted by atomic mass is 32.2. The van der Waals surface area contributed by atoms with Crippen molar-refractivity contribution in [2.45, 2.75) is 25.3 Å². The second kappa shape index (κ2) is 7.59. The number of aromatic nitrogens is 2. The van der Waals surface area contributed by atoms with E-state index in [0.717, 1.165) is 0 Å². The Morgan fingerprint density at radius 2 is 2.26 bits per heavy atom. The third kappa shape index (κ3) is 5.68. The Kier molecular flexibility index (Phi) is 6.43. The quantitative estimate of drug-likeness (QED) is 0.613. The molecule has 0 fully saturated rings. The van der Waals surface area contributed by atoms with Crippen LogP contribution in [0.2, 0.25) is 0 Å². The molecular weight excluding hydrogens is 268 g/mol. The SMILES string of the molecule is CC(C)COCCNS(=O)(=O)c1cnn(CCN)c1. The average molecular weight is 290 g/mol. The summed E-state index contributed by atoms with van der Waals surface area (Å²) in [5, 5.41) is 3.93. The van der Waals surface area contributed by atoms with Crippen LogP contribution in [0.25, 0.3) is 0 Å². The summed E-state index contributed by atoms with van der Waals surface area (Å²) in [6, 6.07) is 0. The zero-order chi connectivity index (χ0) is 14.3. The number of rotatable bonds is 9. The highest BCUT2D eigenvalue weighted by molar-refractivity contribution is 7.89. The van der Waals surface area contributed by atoms with E-state index >= 15 is 0 Å². The highest BCUT2D eigenvalue weighted by Crippen LogP contribution is 2.06. The first kappa shape index (κ1) is 16.1. The molecule has 0 saturated carbocycles. The standard InChI is InChI=1S/C11H22N4O3S/c1-10(2)9-18-6-4-14-19(16,17)11-7-13-15(8-11)5-3-12/h7-8,10,14H,3-6,9,12H2,1-2H3. The van der Waals surface area contributed by atoms with Crippen molar-refractivity contribution in [3.63, 3.8) is 0 Å². The third-order valence-electron chi connectivity index (χ3n) is 2.27. The van der Waals surface area contributed by atoms with E-state index in [4.69, 9.17) is 10.5 Å². The molecule has 0 bridgehead atoms. The van der Waals surface area contributed by atoms with E-state index in [1.54, 1.807) is 0 Å². The second-order valence-corrected chi connectivity index (χ2v) is 6.36. The normalized spacial score (nSPS) is 12.2. The van der Waals surface area contributed by atoms with Crippen LogP contribution < -0.4 is 10.5 Å². The molecule has 0 unspecified atom stereocenters. The molecule has 110 valence electrons. The lowest BCUT2D eigenvalue weighted by atomic mass is 10.2. The zero-order valence-electron chi connectivity index (χ0n) is 11.4. The van der Waals surface area contributed by atoms with Crippen molar-refractivity contribution in [1.82, 2.24) is 14.5 Å². The number of ether oxygens (including phenoxy) is 1. The van der Waals surface area contributed by atoms with Crippen molar-refractivity contribution >= 4 is 10.0 Å². The van der Waals surface area contributed by atoms with E-state index < -0.39 is 10.0 Å². The first-order chi connectivity index (χ1) is 8.95. The number of hydrogen-bond donors (Lipinski definition) is 2. The molecule has 1 aromatic rings. The molecule has 19 heavy (non-hydrogen) atoms. The van der Waals surface area contributed by atoms with Gasteiger partial charge >= 0.3 is 0 Å². The lowest BCUT2D eigenvalue weighted by Crippen LogP contribution is -2.27. The van der Waals surface area contributed by atoms with Crippen LogP contribution in [0.5, 0.6) is 0 Å². The van der Waals surface area contributed by atoms with Crippen molar-refractivity contribution in [3.05, 3.63) is 12.4 Å². The number of hydrogen-bond acceptors (Lipinski definition) is 5. The minimum atomic E-state index is -3.51. The van der Waals surface area contributed by atoms with E-state index in [0.29, 0.717) is 32.2 Å². The number of nitrogens with two attached hydrogens (primary N) is 1. The average Bonchev–Trinajstić information content (AvgIpc) is 2.78. The minimum Gasteiger partial charge on any atom is -0.380 e. The summed E-state index contributed by atoms with van der Waals surface area (Å²) in [5.74, 6) is 0.436. The van der Waals surface area contributed by atoms with E-state index in [2.05, 4.69) is 9.82 Å². The Bertz CT molecular complexity index is 470. The number of nitrogens with zero attached hydrogens (tertiary/aromatic N) is 2. The molecule has 7 nitrogen and oxygen atoms in total. The first-order valence-electron chi connectivity index (χ1n) is 6.25. The molecule has 0 amide bonds. The lowest BCUT2D eigenvalue weighted by Gasteiger charge is -2.07. The molecule has 0 aromatic carbocycles. The fourth-order valence-electron chi connectivity index (χ4n) is 1.39. The molecule has 0 aliphatic rings. The maximum Gasteiger partial charge on any atom is 0.243 e. The minimum absolute atomic E-state index is 0.143. The largest absolute Gasteiger partial charge is 0.380 e. The molecule has 1 rings (SSSR count). The highest BCUT2D eigenvalue weighted by Gasteiger charge is 2.15. The molecule has 1 aromatic heterocycles. The summed E-state index contributed by atoms with van der Waals surface area (Å²) >= 11 is 0. The van der Waals surface area contributed by atoms with Gasteiger partial charge in [-0.15, -0.1) is 0 Å². The Morgan fingerprint density at radius 1 is 1.53 bits per heavy atom. The van der Waals surface area contributed by atoms with Gasteiger partial charge in [0.15, 0.2) is 0 Å². The maximum atomic E-state index is 11.9. The lowest BCUT2D eigenvalue weighted by molar-refractivity contribution is 0.114. The van der Waals surface area contributed by atoms with E-state index in [-0.39, 0.29) is 11.4 Å². The van der Waals surface area contributed by atoms with Gasteiger partial charge in [-0.3, -0.25) is 4.68 Å². The van der Waals surface area contributed by atoms with Gasteiger partial charge in [0.2, 0.25) is 10.0 Å². The Hall–Kier alpha value is -0.960. The van der Waals surface area contributed by atoms with E-state index in [1.807, 2.05) is 13.8 Å². The molecule has 0 spiro atoms. The van der Waals surface area contributed by atoms with Gasteiger partial charge < -0.3 is 10.5 Å². The van der Waals surface area contributed by atoms with Crippen molar-refractivity contribution in [2.24, 2.45) is 11.7 Å². The maximum absolute atomic E-state index is 11.9. The Morgan fingerprint density at radius 3 is 2.89 bits per heavy atom. The predicted molar refractivity (Wildman–Crippen MR) is 72.1 cm³/mol. The van der Waals surface area contributed by atoms with Gasteiger partial charge in [-0.05, 0) is 5.92 Å². The van der Waals surface area contributed by atoms with Crippen LogP contribution in [0.3, 0.4) is 0 Å². The second-order valence-electron chi connectivity index (χ2n) is 4.59. The Labute approximate surface area is 114 Å². The summed E-state index contributed by atoms with van der Waals surface area (Å²) < 4.78 is 33.1. The molecule has 0 aliphatic carbocycles. The molecule has 0 atom stereocenters. The van der Waals surface area contributed by atoms with Crippen molar-refractivity contribution < 1.29 is 13.2 Å². The van der Waals surface area contributed by atoms with E-state index in [9.17, 15) is 8.42 Å². The third-order valence-corrected chi connectivity index (χ3v) is 3.68. The van der Waals surface area contributed by atoms with Crippen LogP contribution in [-0.2, 0) is 21.3 Å². The van der Waals surface area contributed by atoms with Crippen LogP contribution in [-0.4, -0.2) is 44.5 Å². The first-order valence-corrected chi connectivity index (χ1v) is 7.74. The van der Waals surface area contributed by atoms with Crippen LogP contribution in [0.1, 0.15) is 13.8 Å². The summed E-state index contributed by atoms with van der Waals surface area (Å²) in [6.07, 6.45) is 2.77. The molecular formula is C11H22N4O3S. The zero-order valence-corrected chi connectivity index (χ0v) is 12.2. The van der Waals surface area contributed by atoms with Gasteiger partial charge in [-0.1, -0.05) is 13.8 Å². The van der Waals surface area contributed by atoms with Gasteiger partial charge in [0.25, 0.3) is 0 Å². The number of sulfonamides is 1. The molecule has 1 heterocycles. The fraction of sp³-hybridized carbons (Fsp3) is 0.727. The monoisotopic (exact) mass is 290 g/mol. The molecule has 8 heteroatoms. The smallest absolute Gasteiger partial charge is 0.243 e. The van der Waals surface area contributed by atoms with Gasteiger partial charge in [0, 0.05) is 25.9 Å². The summed E-state index contributed by atoms with van der Waals surface area (Å²) in [5.41, 5.74) is 5.37. The number of nitrogens with one attached hydrogen (secondary N) is 1. The Balaban J connectivity index is 2.42. The van der Waals surface area contributed by atoms with Crippen LogP contribution in [0, 0.1) is 5.92 Å². The van der Waals surface area contributed by atoms with Crippen molar-refractivity contribution in [1.29, 1.82) is 0 Å². The van der Waals surface area contributed by atoms with Crippen LogP contribution in [0.4, 0.5) is 0 Å². The van der Waals surface area contributed by atoms with Gasteiger partial charge in [0.1, 0.15) is 4.90 Å². The molecule has 0 aliphatic heterocycles. The van der Waals surface area contributed by atoms with Crippen LogP contribution >= 0.6 is 0 Å². The summed E-state index contributed by atoms with van der Waals surface area (Å²) in [6.45, 7) is 6.21. The summed E-state index contributed by atoms with van der Waals surface area (Å²) in [7, 11) is -3.51. The van der Waals surface area contributed by atoms with Gasteiger partial charge in [0.05, 0.1) is 19.3 Å². The van der Waals surface area contributed by atoms with Crippen LogP contribution in [0.15, 0.2) is 17.3 Å². The topological polar surface area (TPSA) is 99.2 Å². The van der Waals surface area contributed by atoms with Crippen molar-refractivity contribution in [2.75, 3.05) is 26.3 Å². The molecule has 0 saturated heterocycles. The van der Waals surface area contributed by atoms with Gasteiger partial charge in [-0.2, -0.15) is 5.10 Å². The molecule has 3 N–H and O–H groups in total. The van der Waals surface area contributed by atoms with E-state index in [1.165, 1.54) is 17.1 Å². The molecule has 0 radical (unpaired) electrons. The fourth-order valence-corrected chi connectivity index (χ4v) is 2.35. The van der Waals surface area contributed by atoms with Gasteiger partial charge in [-0.25, -0.2) is 13.1 Å².